The van der Waals surface area contributed by atoms with Crippen molar-refractivity contribution in [3.63, 3.8) is 0 Å². The van der Waals surface area contributed by atoms with Crippen LogP contribution in [-0.2, 0) is 6.42 Å². The molecule has 3 heteroatoms. The Labute approximate surface area is 126 Å². The average molecular weight is 285 g/mol. The topological polar surface area (TPSA) is 44.5 Å². The van der Waals surface area contributed by atoms with Crippen molar-refractivity contribution in [3.05, 3.63) is 54.1 Å². The summed E-state index contributed by atoms with van der Waals surface area (Å²) in [6.45, 7) is 3.22. The molecule has 3 nitrogen and oxygen atoms in total. The third-order valence-corrected chi connectivity index (χ3v) is 3.22. The van der Waals surface area contributed by atoms with Crippen LogP contribution in [0.1, 0.15) is 25.3 Å². The van der Waals surface area contributed by atoms with Gasteiger partial charge in [0.05, 0.1) is 0 Å². The minimum atomic E-state index is 0.501. The molecule has 21 heavy (non-hydrogen) atoms. The minimum Gasteiger partial charge on any atom is -0.490 e. The van der Waals surface area contributed by atoms with Gasteiger partial charge in [0.1, 0.15) is 24.7 Å². The number of benzene rings is 2. The van der Waals surface area contributed by atoms with E-state index in [0.717, 1.165) is 17.9 Å². The van der Waals surface area contributed by atoms with E-state index in [-0.39, 0.29) is 0 Å². The molecular formula is C18H23NO2. The van der Waals surface area contributed by atoms with E-state index < -0.39 is 0 Å². The summed E-state index contributed by atoms with van der Waals surface area (Å²) in [6.07, 6.45) is 3.59. The highest BCUT2D eigenvalue weighted by molar-refractivity contribution is 5.43. The van der Waals surface area contributed by atoms with Gasteiger partial charge in [-0.25, -0.2) is 0 Å². The molecule has 0 aliphatic rings. The monoisotopic (exact) mass is 285 g/mol. The zero-order chi connectivity index (χ0) is 14.9. The number of unbranched alkanes of at least 4 members (excludes halogenated alkanes) is 1. The smallest absolute Gasteiger partial charge is 0.122 e. The zero-order valence-electron chi connectivity index (χ0n) is 12.5. The summed E-state index contributed by atoms with van der Waals surface area (Å²) < 4.78 is 11.2. The molecule has 0 aliphatic carbocycles. The Morgan fingerprint density at radius 3 is 2.29 bits per heavy atom. The van der Waals surface area contributed by atoms with Gasteiger partial charge in [0.25, 0.3) is 0 Å². The first-order valence-electron chi connectivity index (χ1n) is 7.48. The molecule has 0 saturated heterocycles. The van der Waals surface area contributed by atoms with Gasteiger partial charge in [-0.1, -0.05) is 31.5 Å². The van der Waals surface area contributed by atoms with Crippen LogP contribution in [0.3, 0.4) is 0 Å². The van der Waals surface area contributed by atoms with Crippen molar-refractivity contribution in [3.8, 4) is 11.5 Å². The summed E-state index contributed by atoms with van der Waals surface area (Å²) in [5.41, 5.74) is 7.76. The highest BCUT2D eigenvalue weighted by Crippen LogP contribution is 2.15. The third-order valence-electron chi connectivity index (χ3n) is 3.22. The SMILES string of the molecule is CCCCc1ccc(OCCOc2cccc(N)c2)cc1. The van der Waals surface area contributed by atoms with Crippen LogP contribution in [-0.4, -0.2) is 13.2 Å². The fourth-order valence-corrected chi connectivity index (χ4v) is 2.06. The molecule has 0 fully saturated rings. The quantitative estimate of drug-likeness (QED) is 0.587. The number of nitrogens with two attached hydrogens (primary N) is 1. The standard InChI is InChI=1S/C18H23NO2/c1-2-3-5-15-8-10-17(11-9-15)20-12-13-21-18-7-4-6-16(19)14-18/h4,6-11,14H,2-3,5,12-13,19H2,1H3. The van der Waals surface area contributed by atoms with Crippen molar-refractivity contribution in [2.24, 2.45) is 0 Å². The van der Waals surface area contributed by atoms with Gasteiger partial charge in [-0.15, -0.1) is 0 Å². The van der Waals surface area contributed by atoms with Gasteiger partial charge in [0, 0.05) is 11.8 Å². The molecule has 0 aromatic heterocycles. The van der Waals surface area contributed by atoms with Crippen molar-refractivity contribution < 1.29 is 9.47 Å². The summed E-state index contributed by atoms with van der Waals surface area (Å²) in [4.78, 5) is 0. The molecule has 0 spiro atoms. The Hall–Kier alpha value is -2.16. The van der Waals surface area contributed by atoms with E-state index in [1.54, 1.807) is 0 Å². The van der Waals surface area contributed by atoms with Crippen molar-refractivity contribution in [2.45, 2.75) is 26.2 Å². The van der Waals surface area contributed by atoms with Gasteiger partial charge >= 0.3 is 0 Å². The second-order valence-electron chi connectivity index (χ2n) is 5.02. The number of rotatable bonds is 8. The first kappa shape index (κ1) is 15.2. The van der Waals surface area contributed by atoms with Gasteiger partial charge < -0.3 is 15.2 Å². The van der Waals surface area contributed by atoms with Crippen LogP contribution in [0.5, 0.6) is 11.5 Å². The molecule has 2 aromatic rings. The van der Waals surface area contributed by atoms with Crippen LogP contribution < -0.4 is 15.2 Å². The molecule has 2 aromatic carbocycles. The molecule has 0 radical (unpaired) electrons. The normalized spacial score (nSPS) is 10.3. The number of aryl methyl sites for hydroxylation is 1. The molecule has 0 saturated carbocycles. The predicted octanol–water partition coefficient (Wildman–Crippen LogP) is 4.07. The van der Waals surface area contributed by atoms with E-state index >= 15 is 0 Å². The molecule has 2 rings (SSSR count). The van der Waals surface area contributed by atoms with Crippen molar-refractivity contribution in [2.75, 3.05) is 18.9 Å². The summed E-state index contributed by atoms with van der Waals surface area (Å²) in [5.74, 6) is 1.65. The Morgan fingerprint density at radius 2 is 1.62 bits per heavy atom. The molecule has 0 aliphatic heterocycles. The molecule has 0 amide bonds. The van der Waals surface area contributed by atoms with Crippen LogP contribution in [0.15, 0.2) is 48.5 Å². The van der Waals surface area contributed by atoms with E-state index in [1.807, 2.05) is 36.4 Å². The third kappa shape index (κ3) is 5.38. The second kappa shape index (κ2) is 8.20. The lowest BCUT2D eigenvalue weighted by Gasteiger charge is -2.09. The Morgan fingerprint density at radius 1 is 0.905 bits per heavy atom. The fraction of sp³-hybridized carbons (Fsp3) is 0.333. The number of nitrogen functional groups attached to an aromatic ring is 1. The number of ether oxygens (including phenoxy) is 2. The first-order chi connectivity index (χ1) is 10.3. The van der Waals surface area contributed by atoms with Gasteiger partial charge in [-0.05, 0) is 42.7 Å². The molecule has 2 N–H and O–H groups in total. The van der Waals surface area contributed by atoms with Gasteiger partial charge in [-0.2, -0.15) is 0 Å². The van der Waals surface area contributed by atoms with E-state index in [1.165, 1.54) is 18.4 Å². The molecule has 0 heterocycles. The highest BCUT2D eigenvalue weighted by atomic mass is 16.5. The van der Waals surface area contributed by atoms with Gasteiger partial charge in [0.2, 0.25) is 0 Å². The van der Waals surface area contributed by atoms with Crippen LogP contribution >= 0.6 is 0 Å². The lowest BCUT2D eigenvalue weighted by atomic mass is 10.1. The maximum atomic E-state index is 5.69. The van der Waals surface area contributed by atoms with Crippen molar-refractivity contribution in [1.29, 1.82) is 0 Å². The van der Waals surface area contributed by atoms with Crippen molar-refractivity contribution in [1.82, 2.24) is 0 Å². The van der Waals surface area contributed by atoms with Crippen LogP contribution in [0.25, 0.3) is 0 Å². The number of anilines is 1. The van der Waals surface area contributed by atoms with E-state index in [2.05, 4.69) is 19.1 Å². The Bertz CT molecular complexity index is 537. The van der Waals surface area contributed by atoms with Crippen LogP contribution in [0, 0.1) is 0 Å². The lowest BCUT2D eigenvalue weighted by molar-refractivity contribution is 0.217. The fourth-order valence-electron chi connectivity index (χ4n) is 2.06. The van der Waals surface area contributed by atoms with E-state index in [0.29, 0.717) is 18.9 Å². The predicted molar refractivity (Wildman–Crippen MR) is 86.9 cm³/mol. The van der Waals surface area contributed by atoms with Gasteiger partial charge in [0.15, 0.2) is 0 Å². The van der Waals surface area contributed by atoms with Crippen LogP contribution in [0.2, 0.25) is 0 Å². The highest BCUT2D eigenvalue weighted by Gasteiger charge is 1.97. The summed E-state index contributed by atoms with van der Waals surface area (Å²) in [5, 5.41) is 0. The maximum Gasteiger partial charge on any atom is 0.122 e. The number of hydrogen-bond acceptors (Lipinski definition) is 3. The molecule has 0 atom stereocenters. The number of hydrogen-bond donors (Lipinski definition) is 1. The average Bonchev–Trinajstić information content (AvgIpc) is 2.51. The first-order valence-corrected chi connectivity index (χ1v) is 7.48. The Balaban J connectivity index is 1.71. The molecule has 0 unspecified atom stereocenters. The second-order valence-corrected chi connectivity index (χ2v) is 5.02. The zero-order valence-corrected chi connectivity index (χ0v) is 12.5. The minimum absolute atomic E-state index is 0.501. The Kier molecular flexibility index (Phi) is 5.95. The van der Waals surface area contributed by atoms with Crippen LogP contribution in [0.4, 0.5) is 5.69 Å². The van der Waals surface area contributed by atoms with Crippen molar-refractivity contribution >= 4 is 5.69 Å². The van der Waals surface area contributed by atoms with Gasteiger partial charge in [-0.3, -0.25) is 0 Å². The maximum absolute atomic E-state index is 5.69. The largest absolute Gasteiger partial charge is 0.490 e. The summed E-state index contributed by atoms with van der Waals surface area (Å²) in [7, 11) is 0. The molecular weight excluding hydrogens is 262 g/mol. The molecule has 112 valence electrons. The lowest BCUT2D eigenvalue weighted by Crippen LogP contribution is -2.09. The summed E-state index contributed by atoms with van der Waals surface area (Å²) >= 11 is 0. The molecule has 0 bridgehead atoms. The van der Waals surface area contributed by atoms with E-state index in [4.69, 9.17) is 15.2 Å². The summed E-state index contributed by atoms with van der Waals surface area (Å²) in [6, 6.07) is 15.7. The van der Waals surface area contributed by atoms with E-state index in [9.17, 15) is 0 Å².